The van der Waals surface area contributed by atoms with Crippen molar-refractivity contribution in [3.63, 3.8) is 0 Å². The van der Waals surface area contributed by atoms with E-state index in [0.717, 1.165) is 0 Å². The molecule has 21 heavy (non-hydrogen) atoms. The molecular formula is C15H19FO5. The fourth-order valence-electron chi connectivity index (χ4n) is 1.72. The summed E-state index contributed by atoms with van der Waals surface area (Å²) >= 11 is 0. The van der Waals surface area contributed by atoms with Crippen molar-refractivity contribution in [2.45, 2.75) is 32.0 Å². The zero-order valence-corrected chi connectivity index (χ0v) is 12.1. The van der Waals surface area contributed by atoms with Crippen LogP contribution < -0.4 is 0 Å². The van der Waals surface area contributed by atoms with Gasteiger partial charge in [-0.05, 0) is 12.5 Å². The van der Waals surface area contributed by atoms with Gasteiger partial charge in [-0.1, -0.05) is 18.2 Å². The Hall–Kier alpha value is -1.95. The van der Waals surface area contributed by atoms with E-state index in [2.05, 4.69) is 9.47 Å². The molecule has 6 heteroatoms. The number of esters is 2. The molecule has 116 valence electrons. The number of rotatable bonds is 8. The smallest absolute Gasteiger partial charge is 0.308 e. The molecule has 0 aromatic heterocycles. The Kier molecular flexibility index (Phi) is 7.39. The number of hydrogen-bond donors (Lipinski definition) is 0. The lowest BCUT2D eigenvalue weighted by atomic mass is 10.1. The molecule has 0 saturated carbocycles. The second-order valence-corrected chi connectivity index (χ2v) is 4.42. The van der Waals surface area contributed by atoms with Crippen LogP contribution in [0.15, 0.2) is 24.3 Å². The van der Waals surface area contributed by atoms with Gasteiger partial charge in [0.2, 0.25) is 0 Å². The first-order chi connectivity index (χ1) is 10.1. The molecule has 0 fully saturated rings. The summed E-state index contributed by atoms with van der Waals surface area (Å²) in [4.78, 5) is 22.5. The number of carbonyl (C=O) groups is 2. The summed E-state index contributed by atoms with van der Waals surface area (Å²) in [6.45, 7) is 0.0233. The van der Waals surface area contributed by atoms with Crippen molar-refractivity contribution in [3.8, 4) is 0 Å². The van der Waals surface area contributed by atoms with Gasteiger partial charge in [-0.15, -0.1) is 0 Å². The van der Waals surface area contributed by atoms with Crippen LogP contribution in [0.25, 0.3) is 0 Å². The summed E-state index contributed by atoms with van der Waals surface area (Å²) in [7, 11) is 2.56. The van der Waals surface area contributed by atoms with Gasteiger partial charge >= 0.3 is 11.9 Å². The number of ether oxygens (including phenoxy) is 3. The van der Waals surface area contributed by atoms with Gasteiger partial charge in [0.05, 0.1) is 33.4 Å². The third-order valence-electron chi connectivity index (χ3n) is 2.95. The molecule has 0 radical (unpaired) electrons. The minimum Gasteiger partial charge on any atom is -0.469 e. The topological polar surface area (TPSA) is 61.8 Å². The van der Waals surface area contributed by atoms with Crippen LogP contribution in [0.4, 0.5) is 4.39 Å². The lowest BCUT2D eigenvalue weighted by molar-refractivity contribution is -0.146. The SMILES string of the molecule is COC(=O)CCC(CC(=O)OC)OCc1ccccc1F. The molecule has 0 spiro atoms. The lowest BCUT2D eigenvalue weighted by Crippen LogP contribution is -2.20. The van der Waals surface area contributed by atoms with E-state index in [4.69, 9.17) is 4.74 Å². The Morgan fingerprint density at radius 3 is 2.43 bits per heavy atom. The van der Waals surface area contributed by atoms with E-state index < -0.39 is 12.1 Å². The van der Waals surface area contributed by atoms with Crippen LogP contribution in [0.1, 0.15) is 24.8 Å². The Morgan fingerprint density at radius 2 is 1.81 bits per heavy atom. The predicted molar refractivity (Wildman–Crippen MR) is 72.9 cm³/mol. The molecule has 0 heterocycles. The van der Waals surface area contributed by atoms with Crippen molar-refractivity contribution in [3.05, 3.63) is 35.6 Å². The Balaban J connectivity index is 2.57. The van der Waals surface area contributed by atoms with Crippen molar-refractivity contribution in [2.24, 2.45) is 0 Å². The van der Waals surface area contributed by atoms with E-state index in [0.29, 0.717) is 12.0 Å². The van der Waals surface area contributed by atoms with E-state index in [1.54, 1.807) is 18.2 Å². The van der Waals surface area contributed by atoms with E-state index in [1.807, 2.05) is 0 Å². The molecule has 1 atom stereocenters. The van der Waals surface area contributed by atoms with Crippen LogP contribution in [0.3, 0.4) is 0 Å². The fraction of sp³-hybridized carbons (Fsp3) is 0.467. The molecule has 0 saturated heterocycles. The summed E-state index contributed by atoms with van der Waals surface area (Å²) in [5, 5.41) is 0. The van der Waals surface area contributed by atoms with Gasteiger partial charge in [0.25, 0.3) is 0 Å². The highest BCUT2D eigenvalue weighted by Crippen LogP contribution is 2.14. The lowest BCUT2D eigenvalue weighted by Gasteiger charge is -2.16. The Bertz CT molecular complexity index is 475. The van der Waals surface area contributed by atoms with Gasteiger partial charge < -0.3 is 14.2 Å². The second kappa shape index (κ2) is 9.07. The first-order valence-electron chi connectivity index (χ1n) is 6.55. The first-order valence-corrected chi connectivity index (χ1v) is 6.55. The summed E-state index contributed by atoms with van der Waals surface area (Å²) in [6.07, 6.45) is -0.107. The molecule has 0 aliphatic carbocycles. The maximum atomic E-state index is 13.5. The third-order valence-corrected chi connectivity index (χ3v) is 2.95. The van der Waals surface area contributed by atoms with Crippen LogP contribution in [-0.4, -0.2) is 32.3 Å². The van der Waals surface area contributed by atoms with Crippen molar-refractivity contribution in [2.75, 3.05) is 14.2 Å². The predicted octanol–water partition coefficient (Wildman–Crippen LogP) is 2.23. The highest BCUT2D eigenvalue weighted by atomic mass is 19.1. The van der Waals surface area contributed by atoms with E-state index in [1.165, 1.54) is 20.3 Å². The number of methoxy groups -OCH3 is 2. The number of hydrogen-bond acceptors (Lipinski definition) is 5. The minimum atomic E-state index is -0.531. The molecule has 0 aliphatic rings. The van der Waals surface area contributed by atoms with Crippen molar-refractivity contribution < 1.29 is 28.2 Å². The van der Waals surface area contributed by atoms with Crippen LogP contribution in [0.2, 0.25) is 0 Å². The van der Waals surface area contributed by atoms with Gasteiger partial charge in [0, 0.05) is 12.0 Å². The average molecular weight is 298 g/mol. The Labute approximate surface area is 123 Å². The molecule has 0 bridgehead atoms. The molecule has 0 aliphatic heterocycles. The molecule has 5 nitrogen and oxygen atoms in total. The molecule has 0 amide bonds. The minimum absolute atomic E-state index is 0.00193. The molecule has 1 unspecified atom stereocenters. The summed E-state index contributed by atoms with van der Waals surface area (Å²) in [5.41, 5.74) is 0.394. The third kappa shape index (κ3) is 6.35. The zero-order valence-electron chi connectivity index (χ0n) is 12.1. The summed E-state index contributed by atoms with van der Waals surface area (Å²) < 4.78 is 28.1. The summed E-state index contributed by atoms with van der Waals surface area (Å²) in [6, 6.07) is 6.22. The number of carbonyl (C=O) groups excluding carboxylic acids is 2. The van der Waals surface area contributed by atoms with Crippen LogP contribution >= 0.6 is 0 Å². The number of halogens is 1. The zero-order chi connectivity index (χ0) is 15.7. The molecule has 1 aromatic carbocycles. The van der Waals surface area contributed by atoms with Gasteiger partial charge in [-0.2, -0.15) is 0 Å². The highest BCUT2D eigenvalue weighted by molar-refractivity contribution is 5.71. The quantitative estimate of drug-likeness (QED) is 0.689. The van der Waals surface area contributed by atoms with E-state index in [9.17, 15) is 14.0 Å². The van der Waals surface area contributed by atoms with Crippen molar-refractivity contribution in [1.82, 2.24) is 0 Å². The van der Waals surface area contributed by atoms with Crippen molar-refractivity contribution >= 4 is 11.9 Å². The van der Waals surface area contributed by atoms with Gasteiger partial charge in [0.15, 0.2) is 0 Å². The Morgan fingerprint density at radius 1 is 1.14 bits per heavy atom. The second-order valence-electron chi connectivity index (χ2n) is 4.42. The normalized spacial score (nSPS) is 11.8. The van der Waals surface area contributed by atoms with E-state index in [-0.39, 0.29) is 31.2 Å². The maximum Gasteiger partial charge on any atom is 0.308 e. The van der Waals surface area contributed by atoms with Crippen molar-refractivity contribution in [1.29, 1.82) is 0 Å². The largest absolute Gasteiger partial charge is 0.469 e. The van der Waals surface area contributed by atoms with Crippen LogP contribution in [0, 0.1) is 5.82 Å². The highest BCUT2D eigenvalue weighted by Gasteiger charge is 2.17. The van der Waals surface area contributed by atoms with E-state index >= 15 is 0 Å². The maximum absolute atomic E-state index is 13.5. The monoisotopic (exact) mass is 298 g/mol. The summed E-state index contributed by atoms with van der Waals surface area (Å²) in [5.74, 6) is -1.21. The van der Waals surface area contributed by atoms with Gasteiger partial charge in [0.1, 0.15) is 5.82 Å². The van der Waals surface area contributed by atoms with Crippen LogP contribution in [-0.2, 0) is 30.4 Å². The first kappa shape index (κ1) is 17.1. The molecular weight excluding hydrogens is 279 g/mol. The fourth-order valence-corrected chi connectivity index (χ4v) is 1.72. The van der Waals surface area contributed by atoms with Crippen LogP contribution in [0.5, 0.6) is 0 Å². The van der Waals surface area contributed by atoms with Gasteiger partial charge in [-0.3, -0.25) is 9.59 Å². The number of benzene rings is 1. The average Bonchev–Trinajstić information content (AvgIpc) is 2.50. The standard InChI is InChI=1S/C15H19FO5/c1-19-14(17)8-7-12(9-15(18)20-2)21-10-11-5-3-4-6-13(11)16/h3-6,12H,7-10H2,1-2H3. The molecule has 0 N–H and O–H groups in total. The molecule has 1 rings (SSSR count). The van der Waals surface area contributed by atoms with Gasteiger partial charge in [-0.25, -0.2) is 4.39 Å². The molecule has 1 aromatic rings.